The Morgan fingerprint density at radius 2 is 2.00 bits per heavy atom. The molecule has 2 fully saturated rings. The molecule has 1 N–H and O–H groups in total. The second-order valence-corrected chi connectivity index (χ2v) is 7.57. The van der Waals surface area contributed by atoms with E-state index < -0.39 is 21.8 Å². The summed E-state index contributed by atoms with van der Waals surface area (Å²) in [6, 6.07) is -0.626. The summed E-state index contributed by atoms with van der Waals surface area (Å²) in [5.74, 6) is 0.141. The minimum absolute atomic E-state index is 0. The van der Waals surface area contributed by atoms with Crippen LogP contribution in [-0.2, 0) is 19.4 Å². The molecular weight excluding hydrogens is 304 g/mol. The van der Waals surface area contributed by atoms with E-state index in [2.05, 4.69) is 5.32 Å². The fourth-order valence-corrected chi connectivity index (χ4v) is 4.32. The lowest BCUT2D eigenvalue weighted by Crippen LogP contribution is -2.54. The van der Waals surface area contributed by atoms with Gasteiger partial charge in [0.25, 0.3) is 0 Å². The highest BCUT2D eigenvalue weighted by Gasteiger charge is 2.37. The van der Waals surface area contributed by atoms with E-state index in [1.165, 1.54) is 7.11 Å². The van der Waals surface area contributed by atoms with E-state index in [4.69, 9.17) is 4.74 Å². The van der Waals surface area contributed by atoms with E-state index in [1.54, 1.807) is 0 Å². The molecule has 0 aromatic carbocycles. The molecule has 2 rings (SSSR count). The van der Waals surface area contributed by atoms with Gasteiger partial charge in [-0.25, -0.2) is 8.42 Å². The minimum Gasteiger partial charge on any atom is -0.468 e. The van der Waals surface area contributed by atoms with Crippen LogP contribution in [-0.4, -0.2) is 70.1 Å². The van der Waals surface area contributed by atoms with Gasteiger partial charge in [0, 0.05) is 13.1 Å². The SMILES string of the molecule is COC(=O)C1CS(=O)(=O)CCN1CC1CCNCC1.Cl. The molecule has 8 heteroatoms. The van der Waals surface area contributed by atoms with E-state index in [1.807, 2.05) is 4.90 Å². The second-order valence-electron chi connectivity index (χ2n) is 5.34. The van der Waals surface area contributed by atoms with E-state index in [9.17, 15) is 13.2 Å². The first-order valence-electron chi connectivity index (χ1n) is 6.75. The van der Waals surface area contributed by atoms with Gasteiger partial charge < -0.3 is 10.1 Å². The van der Waals surface area contributed by atoms with Crippen LogP contribution < -0.4 is 5.32 Å². The van der Waals surface area contributed by atoms with E-state index in [0.29, 0.717) is 12.5 Å². The van der Waals surface area contributed by atoms with Gasteiger partial charge in [-0.2, -0.15) is 0 Å². The Balaban J connectivity index is 0.00000200. The van der Waals surface area contributed by atoms with Crippen LogP contribution in [0.25, 0.3) is 0 Å². The number of carbonyl (C=O) groups is 1. The molecule has 0 amide bonds. The molecule has 2 saturated heterocycles. The van der Waals surface area contributed by atoms with Crippen molar-refractivity contribution < 1.29 is 17.9 Å². The number of rotatable bonds is 3. The van der Waals surface area contributed by atoms with Gasteiger partial charge in [-0.1, -0.05) is 0 Å². The van der Waals surface area contributed by atoms with Gasteiger partial charge in [-0.15, -0.1) is 12.4 Å². The molecule has 2 aliphatic rings. The molecule has 0 spiro atoms. The van der Waals surface area contributed by atoms with Crippen molar-refractivity contribution in [3.05, 3.63) is 0 Å². The maximum atomic E-state index is 11.8. The number of methoxy groups -OCH3 is 1. The average molecular weight is 327 g/mol. The standard InChI is InChI=1S/C12H22N2O4S.ClH/c1-18-12(15)11-9-19(16,17)7-6-14(11)8-10-2-4-13-5-3-10;/h10-11,13H,2-9H2,1H3;1H. The number of ether oxygens (including phenoxy) is 1. The van der Waals surface area contributed by atoms with Crippen LogP contribution in [0, 0.1) is 5.92 Å². The van der Waals surface area contributed by atoms with Crippen molar-refractivity contribution in [3.8, 4) is 0 Å². The monoisotopic (exact) mass is 326 g/mol. The largest absolute Gasteiger partial charge is 0.468 e. The number of sulfone groups is 1. The number of esters is 1. The molecule has 0 saturated carbocycles. The molecular formula is C12H23ClN2O4S. The number of hydrogen-bond acceptors (Lipinski definition) is 6. The maximum Gasteiger partial charge on any atom is 0.324 e. The summed E-state index contributed by atoms with van der Waals surface area (Å²) in [5.41, 5.74) is 0. The van der Waals surface area contributed by atoms with Crippen LogP contribution in [0.5, 0.6) is 0 Å². The zero-order chi connectivity index (χ0) is 13.9. The molecule has 1 unspecified atom stereocenters. The topological polar surface area (TPSA) is 75.7 Å². The highest BCUT2D eigenvalue weighted by atomic mass is 35.5. The zero-order valence-corrected chi connectivity index (χ0v) is 13.3. The number of nitrogens with zero attached hydrogens (tertiary/aromatic N) is 1. The first-order chi connectivity index (χ1) is 9.02. The molecule has 0 aliphatic carbocycles. The molecule has 1 atom stereocenters. The van der Waals surface area contributed by atoms with Gasteiger partial charge in [0.2, 0.25) is 0 Å². The normalized spacial score (nSPS) is 27.6. The predicted molar refractivity (Wildman–Crippen MR) is 78.9 cm³/mol. The highest BCUT2D eigenvalue weighted by molar-refractivity contribution is 7.91. The van der Waals surface area contributed by atoms with Crippen LogP contribution in [0.3, 0.4) is 0 Å². The van der Waals surface area contributed by atoms with Gasteiger partial charge in [0.15, 0.2) is 9.84 Å². The number of halogens is 1. The Morgan fingerprint density at radius 1 is 1.35 bits per heavy atom. The van der Waals surface area contributed by atoms with Crippen molar-refractivity contribution in [1.29, 1.82) is 0 Å². The minimum atomic E-state index is -3.12. The molecule has 0 aromatic rings. The first kappa shape index (κ1) is 17.7. The number of carbonyl (C=O) groups excluding carboxylic acids is 1. The van der Waals surface area contributed by atoms with Gasteiger partial charge in [-0.3, -0.25) is 9.69 Å². The Labute approximate surface area is 126 Å². The molecule has 118 valence electrons. The predicted octanol–water partition coefficient (Wildman–Crippen LogP) is -0.320. The number of hydrogen-bond donors (Lipinski definition) is 1. The summed E-state index contributed by atoms with van der Waals surface area (Å²) in [6.45, 7) is 3.22. The van der Waals surface area contributed by atoms with Crippen molar-refractivity contribution in [2.45, 2.75) is 18.9 Å². The summed E-state index contributed by atoms with van der Waals surface area (Å²) >= 11 is 0. The molecule has 0 bridgehead atoms. The first-order valence-corrected chi connectivity index (χ1v) is 8.57. The summed E-state index contributed by atoms with van der Waals surface area (Å²) in [4.78, 5) is 13.8. The number of piperidine rings is 1. The zero-order valence-electron chi connectivity index (χ0n) is 11.7. The lowest BCUT2D eigenvalue weighted by molar-refractivity contribution is -0.146. The average Bonchev–Trinajstić information content (AvgIpc) is 2.41. The molecule has 2 aliphatic heterocycles. The third-order valence-corrected chi connectivity index (χ3v) is 5.59. The van der Waals surface area contributed by atoms with Crippen LogP contribution in [0.4, 0.5) is 0 Å². The summed E-state index contributed by atoms with van der Waals surface area (Å²) in [5, 5.41) is 3.30. The van der Waals surface area contributed by atoms with Gasteiger partial charge in [-0.05, 0) is 31.8 Å². The second kappa shape index (κ2) is 7.59. The fraction of sp³-hybridized carbons (Fsp3) is 0.917. The van der Waals surface area contributed by atoms with E-state index in [-0.39, 0.29) is 23.9 Å². The van der Waals surface area contributed by atoms with E-state index in [0.717, 1.165) is 32.5 Å². The lowest BCUT2D eigenvalue weighted by atomic mass is 9.97. The van der Waals surface area contributed by atoms with Crippen molar-refractivity contribution in [3.63, 3.8) is 0 Å². The third-order valence-electron chi connectivity index (χ3n) is 3.97. The quantitative estimate of drug-likeness (QED) is 0.716. The van der Waals surface area contributed by atoms with Crippen LogP contribution in [0.2, 0.25) is 0 Å². The van der Waals surface area contributed by atoms with E-state index >= 15 is 0 Å². The maximum absolute atomic E-state index is 11.8. The van der Waals surface area contributed by atoms with Crippen LogP contribution >= 0.6 is 12.4 Å². The lowest BCUT2D eigenvalue weighted by Gasteiger charge is -2.36. The molecule has 0 aromatic heterocycles. The van der Waals surface area contributed by atoms with Gasteiger partial charge in [0.1, 0.15) is 6.04 Å². The van der Waals surface area contributed by atoms with Gasteiger partial charge >= 0.3 is 5.97 Å². The Bertz CT molecular complexity index is 423. The summed E-state index contributed by atoms with van der Waals surface area (Å²) in [7, 11) is -1.80. The molecule has 20 heavy (non-hydrogen) atoms. The molecule has 0 radical (unpaired) electrons. The third kappa shape index (κ3) is 4.58. The van der Waals surface area contributed by atoms with Crippen molar-refractivity contribution in [1.82, 2.24) is 10.2 Å². The highest BCUT2D eigenvalue weighted by Crippen LogP contribution is 2.19. The summed E-state index contributed by atoms with van der Waals surface area (Å²) in [6.07, 6.45) is 2.16. The fourth-order valence-electron chi connectivity index (χ4n) is 2.81. The van der Waals surface area contributed by atoms with Crippen molar-refractivity contribution >= 4 is 28.2 Å². The smallest absolute Gasteiger partial charge is 0.324 e. The van der Waals surface area contributed by atoms with Crippen LogP contribution in [0.15, 0.2) is 0 Å². The van der Waals surface area contributed by atoms with Crippen LogP contribution in [0.1, 0.15) is 12.8 Å². The Morgan fingerprint density at radius 3 is 2.60 bits per heavy atom. The van der Waals surface area contributed by atoms with Crippen molar-refractivity contribution in [2.24, 2.45) is 5.92 Å². The van der Waals surface area contributed by atoms with Crippen molar-refractivity contribution in [2.75, 3.05) is 44.8 Å². The Kier molecular flexibility index (Phi) is 6.71. The molecule has 2 heterocycles. The molecule has 6 nitrogen and oxygen atoms in total. The Hall–Kier alpha value is -0.370. The summed E-state index contributed by atoms with van der Waals surface area (Å²) < 4.78 is 28.1. The van der Waals surface area contributed by atoms with Gasteiger partial charge in [0.05, 0.1) is 18.6 Å². The number of nitrogens with one attached hydrogen (secondary N) is 1.